The molecule has 1 unspecified atom stereocenters. The van der Waals surface area contributed by atoms with Crippen molar-refractivity contribution in [2.45, 2.75) is 38.6 Å². The van der Waals surface area contributed by atoms with Gasteiger partial charge in [0, 0.05) is 24.4 Å². The molecule has 1 N–H and O–H groups in total. The normalized spacial score (nSPS) is 17.1. The Morgan fingerprint density at radius 2 is 2.20 bits per heavy atom. The van der Waals surface area contributed by atoms with Gasteiger partial charge in [-0.05, 0) is 54.6 Å². The fourth-order valence-electron chi connectivity index (χ4n) is 3.02. The molecular weight excluding hydrogens is 244 g/mol. The molecule has 2 heteroatoms. The predicted octanol–water partition coefficient (Wildman–Crippen LogP) is 3.66. The van der Waals surface area contributed by atoms with Crippen LogP contribution in [0.2, 0.25) is 0 Å². The quantitative estimate of drug-likeness (QED) is 0.893. The Morgan fingerprint density at radius 3 is 3.00 bits per heavy atom. The van der Waals surface area contributed by atoms with Crippen LogP contribution in [-0.4, -0.2) is 11.5 Å². The number of hydrogen-bond acceptors (Lipinski definition) is 2. The van der Waals surface area contributed by atoms with Gasteiger partial charge in [0.1, 0.15) is 0 Å². The fourth-order valence-corrected chi connectivity index (χ4v) is 3.02. The van der Waals surface area contributed by atoms with Crippen LogP contribution >= 0.6 is 0 Å². The number of rotatable bonds is 5. The zero-order valence-electron chi connectivity index (χ0n) is 12.1. The smallest absolute Gasteiger partial charge is 0.0447 e. The van der Waals surface area contributed by atoms with E-state index in [0.29, 0.717) is 6.04 Å². The maximum Gasteiger partial charge on any atom is 0.0447 e. The van der Waals surface area contributed by atoms with Gasteiger partial charge < -0.3 is 5.32 Å². The first kappa shape index (κ1) is 13.3. The number of fused-ring (bicyclic) bond motifs is 1. The molecule has 1 aromatic heterocycles. The molecule has 0 aliphatic heterocycles. The van der Waals surface area contributed by atoms with E-state index in [2.05, 4.69) is 47.6 Å². The second-order valence-corrected chi connectivity index (χ2v) is 5.58. The number of aryl methyl sites for hydroxylation is 1. The summed E-state index contributed by atoms with van der Waals surface area (Å²) < 4.78 is 0. The van der Waals surface area contributed by atoms with Crippen molar-refractivity contribution in [3.63, 3.8) is 0 Å². The molecule has 0 bridgehead atoms. The number of nitrogens with one attached hydrogen (secondary N) is 1. The Kier molecular flexibility index (Phi) is 4.12. The highest BCUT2D eigenvalue weighted by atomic mass is 14.9. The summed E-state index contributed by atoms with van der Waals surface area (Å²) >= 11 is 0. The van der Waals surface area contributed by atoms with Crippen molar-refractivity contribution in [1.82, 2.24) is 10.3 Å². The molecule has 2 nitrogen and oxygen atoms in total. The SMILES string of the molecule is CCCNC1CCc2cc(Cc3ccccn3)ccc21. The van der Waals surface area contributed by atoms with E-state index in [1.807, 2.05) is 12.3 Å². The summed E-state index contributed by atoms with van der Waals surface area (Å²) in [5.41, 5.74) is 5.54. The summed E-state index contributed by atoms with van der Waals surface area (Å²) in [5, 5.41) is 3.64. The average molecular weight is 266 g/mol. The Morgan fingerprint density at radius 1 is 1.25 bits per heavy atom. The van der Waals surface area contributed by atoms with Crippen LogP contribution in [-0.2, 0) is 12.8 Å². The molecule has 0 saturated heterocycles. The molecule has 104 valence electrons. The molecule has 1 atom stereocenters. The number of benzene rings is 1. The van der Waals surface area contributed by atoms with Gasteiger partial charge in [0.25, 0.3) is 0 Å². The average Bonchev–Trinajstić information content (AvgIpc) is 2.88. The Balaban J connectivity index is 1.74. The predicted molar refractivity (Wildman–Crippen MR) is 82.8 cm³/mol. The van der Waals surface area contributed by atoms with Crippen molar-refractivity contribution in [2.24, 2.45) is 0 Å². The van der Waals surface area contributed by atoms with E-state index < -0.39 is 0 Å². The van der Waals surface area contributed by atoms with E-state index in [0.717, 1.165) is 18.7 Å². The van der Waals surface area contributed by atoms with Gasteiger partial charge in [0.05, 0.1) is 0 Å². The van der Waals surface area contributed by atoms with Gasteiger partial charge in [-0.3, -0.25) is 4.98 Å². The van der Waals surface area contributed by atoms with Crippen molar-refractivity contribution in [2.75, 3.05) is 6.54 Å². The van der Waals surface area contributed by atoms with Crippen LogP contribution in [0.5, 0.6) is 0 Å². The second-order valence-electron chi connectivity index (χ2n) is 5.58. The second kappa shape index (κ2) is 6.19. The van der Waals surface area contributed by atoms with E-state index in [-0.39, 0.29) is 0 Å². The zero-order chi connectivity index (χ0) is 13.8. The third kappa shape index (κ3) is 2.91. The van der Waals surface area contributed by atoms with E-state index in [4.69, 9.17) is 0 Å². The van der Waals surface area contributed by atoms with Crippen molar-refractivity contribution in [3.05, 3.63) is 65.0 Å². The van der Waals surface area contributed by atoms with Gasteiger partial charge in [0.15, 0.2) is 0 Å². The lowest BCUT2D eigenvalue weighted by atomic mass is 10.0. The van der Waals surface area contributed by atoms with Crippen LogP contribution in [0, 0.1) is 0 Å². The molecule has 20 heavy (non-hydrogen) atoms. The summed E-state index contributed by atoms with van der Waals surface area (Å²) in [6, 6.07) is 13.6. The molecule has 1 aliphatic rings. The minimum absolute atomic E-state index is 0.564. The van der Waals surface area contributed by atoms with Gasteiger partial charge in [-0.15, -0.1) is 0 Å². The molecule has 0 saturated carbocycles. The molecule has 0 spiro atoms. The Labute approximate surface area is 121 Å². The Hall–Kier alpha value is -1.67. The number of hydrogen-bond donors (Lipinski definition) is 1. The molecule has 0 amide bonds. The van der Waals surface area contributed by atoms with Crippen molar-refractivity contribution >= 4 is 0 Å². The molecule has 0 fully saturated rings. The van der Waals surface area contributed by atoms with Gasteiger partial charge in [-0.2, -0.15) is 0 Å². The standard InChI is InChI=1S/C18H22N2/c1-2-10-20-18-9-7-15-12-14(6-8-17(15)18)13-16-5-3-4-11-19-16/h3-6,8,11-12,18,20H,2,7,9-10,13H2,1H3. The number of nitrogens with zero attached hydrogens (tertiary/aromatic N) is 1. The highest BCUT2D eigenvalue weighted by Gasteiger charge is 2.21. The first-order valence-corrected chi connectivity index (χ1v) is 7.62. The fraction of sp³-hybridized carbons (Fsp3) is 0.389. The van der Waals surface area contributed by atoms with E-state index >= 15 is 0 Å². The van der Waals surface area contributed by atoms with Gasteiger partial charge in [-0.1, -0.05) is 31.2 Å². The summed E-state index contributed by atoms with van der Waals surface area (Å²) in [4.78, 5) is 4.41. The Bertz CT molecular complexity index is 563. The van der Waals surface area contributed by atoms with Crippen molar-refractivity contribution in [1.29, 1.82) is 0 Å². The van der Waals surface area contributed by atoms with Gasteiger partial charge in [0.2, 0.25) is 0 Å². The highest BCUT2D eigenvalue weighted by Crippen LogP contribution is 2.32. The van der Waals surface area contributed by atoms with Crippen LogP contribution in [0.1, 0.15) is 48.2 Å². The minimum atomic E-state index is 0.564. The van der Waals surface area contributed by atoms with Gasteiger partial charge >= 0.3 is 0 Å². The lowest BCUT2D eigenvalue weighted by Crippen LogP contribution is -2.19. The monoisotopic (exact) mass is 266 g/mol. The minimum Gasteiger partial charge on any atom is -0.310 e. The van der Waals surface area contributed by atoms with E-state index in [1.54, 1.807) is 0 Å². The highest BCUT2D eigenvalue weighted by molar-refractivity contribution is 5.39. The first-order chi connectivity index (χ1) is 9.86. The first-order valence-electron chi connectivity index (χ1n) is 7.62. The zero-order valence-corrected chi connectivity index (χ0v) is 12.1. The lowest BCUT2D eigenvalue weighted by Gasteiger charge is -2.13. The molecule has 1 aliphatic carbocycles. The number of pyridine rings is 1. The summed E-state index contributed by atoms with van der Waals surface area (Å²) in [7, 11) is 0. The molecule has 1 heterocycles. The van der Waals surface area contributed by atoms with Crippen LogP contribution < -0.4 is 5.32 Å². The molecule has 2 aromatic rings. The van der Waals surface area contributed by atoms with Crippen LogP contribution in [0.3, 0.4) is 0 Å². The van der Waals surface area contributed by atoms with Crippen molar-refractivity contribution in [3.8, 4) is 0 Å². The third-order valence-corrected chi connectivity index (χ3v) is 4.04. The molecular formula is C18H22N2. The van der Waals surface area contributed by atoms with Gasteiger partial charge in [-0.25, -0.2) is 0 Å². The molecule has 0 radical (unpaired) electrons. The molecule has 1 aromatic carbocycles. The lowest BCUT2D eigenvalue weighted by molar-refractivity contribution is 0.529. The van der Waals surface area contributed by atoms with Crippen molar-refractivity contribution < 1.29 is 0 Å². The van der Waals surface area contributed by atoms with E-state index in [1.165, 1.54) is 36.0 Å². The van der Waals surface area contributed by atoms with Crippen LogP contribution in [0.25, 0.3) is 0 Å². The van der Waals surface area contributed by atoms with E-state index in [9.17, 15) is 0 Å². The number of aromatic nitrogens is 1. The topological polar surface area (TPSA) is 24.9 Å². The van der Waals surface area contributed by atoms with Crippen LogP contribution in [0.4, 0.5) is 0 Å². The third-order valence-electron chi connectivity index (χ3n) is 4.04. The summed E-state index contributed by atoms with van der Waals surface area (Å²) in [6.45, 7) is 3.33. The van der Waals surface area contributed by atoms with Crippen LogP contribution in [0.15, 0.2) is 42.6 Å². The molecule has 3 rings (SSSR count). The summed E-state index contributed by atoms with van der Waals surface area (Å²) in [6.07, 6.45) is 6.44. The largest absolute Gasteiger partial charge is 0.310 e. The summed E-state index contributed by atoms with van der Waals surface area (Å²) in [5.74, 6) is 0. The maximum absolute atomic E-state index is 4.41. The maximum atomic E-state index is 4.41.